The summed E-state index contributed by atoms with van der Waals surface area (Å²) < 4.78 is 5.40. The van der Waals surface area contributed by atoms with Crippen molar-refractivity contribution in [2.75, 3.05) is 19.1 Å². The van der Waals surface area contributed by atoms with Gasteiger partial charge in [-0.3, -0.25) is 9.69 Å². The first-order valence-corrected chi connectivity index (χ1v) is 12.2. The lowest BCUT2D eigenvalue weighted by Crippen LogP contribution is -2.29. The zero-order valence-corrected chi connectivity index (χ0v) is 20.2. The Bertz CT molecular complexity index is 1290. The highest BCUT2D eigenvalue weighted by Crippen LogP contribution is 2.51. The number of benzene rings is 3. The highest BCUT2D eigenvalue weighted by atomic mass is 32.2. The Balaban J connectivity index is 1.56. The summed E-state index contributed by atoms with van der Waals surface area (Å²) in [6.45, 7) is 2.51. The van der Waals surface area contributed by atoms with Crippen LogP contribution in [-0.2, 0) is 11.3 Å². The quantitative estimate of drug-likeness (QED) is 0.424. The Hall–Kier alpha value is -3.16. The van der Waals surface area contributed by atoms with Crippen molar-refractivity contribution in [3.63, 3.8) is 0 Å². The van der Waals surface area contributed by atoms with Crippen molar-refractivity contribution in [3.05, 3.63) is 93.9 Å². The molecule has 0 bridgehead atoms. The maximum atomic E-state index is 13.7. The molecule has 2 aliphatic rings. The number of hydrogen-bond acceptors (Lipinski definition) is 6. The van der Waals surface area contributed by atoms with Crippen LogP contribution in [0.15, 0.2) is 92.6 Å². The molecule has 0 N–H and O–H groups in total. The normalized spacial score (nSPS) is 18.9. The van der Waals surface area contributed by atoms with Gasteiger partial charge in [0.1, 0.15) is 10.7 Å². The van der Waals surface area contributed by atoms with Crippen molar-refractivity contribution in [2.45, 2.75) is 18.4 Å². The summed E-state index contributed by atoms with van der Waals surface area (Å²) in [4.78, 5) is 24.3. The molecule has 1 saturated heterocycles. The number of para-hydroxylation sites is 1. The molecule has 0 radical (unpaired) electrons. The number of methoxy groups -OCH3 is 1. The fraction of sp³-hybridized carbons (Fsp3) is 0.154. The van der Waals surface area contributed by atoms with Gasteiger partial charge in [-0.25, -0.2) is 4.99 Å². The summed E-state index contributed by atoms with van der Waals surface area (Å²) in [5.74, 6) is 0.774. The lowest BCUT2D eigenvalue weighted by Gasteiger charge is -2.17. The van der Waals surface area contributed by atoms with Crippen LogP contribution >= 0.6 is 23.5 Å². The number of thioether (sulfide) groups is 2. The van der Waals surface area contributed by atoms with Gasteiger partial charge in [0, 0.05) is 18.0 Å². The number of carbonyl (C=O) groups is 1. The minimum absolute atomic E-state index is 0.0229. The standard InChI is InChI=1S/C26H23N3O2S2/c1-17-9-7-8-12-20(17)27-26-29(16-18-10-5-4-6-11-18)24(30)23(33-26)25-28(2)21-15-19(31-3)13-14-22(21)32-25/h4-15H,16H2,1-3H3/b25-23-,27-26?. The van der Waals surface area contributed by atoms with E-state index in [4.69, 9.17) is 9.73 Å². The first-order valence-electron chi connectivity index (χ1n) is 10.6. The zero-order valence-electron chi connectivity index (χ0n) is 18.6. The van der Waals surface area contributed by atoms with Gasteiger partial charge >= 0.3 is 0 Å². The second-order valence-corrected chi connectivity index (χ2v) is 9.80. The molecule has 1 fully saturated rings. The minimum atomic E-state index is -0.0229. The molecule has 1 amide bonds. The molecule has 3 aromatic carbocycles. The van der Waals surface area contributed by atoms with E-state index in [1.807, 2.05) is 86.8 Å². The van der Waals surface area contributed by atoms with Crippen LogP contribution in [0.1, 0.15) is 11.1 Å². The summed E-state index contributed by atoms with van der Waals surface area (Å²) in [5.41, 5.74) is 4.05. The van der Waals surface area contributed by atoms with E-state index >= 15 is 0 Å². The molecule has 7 heteroatoms. The fourth-order valence-electron chi connectivity index (χ4n) is 3.77. The summed E-state index contributed by atoms with van der Waals surface area (Å²) in [6.07, 6.45) is 0. The predicted octanol–water partition coefficient (Wildman–Crippen LogP) is 6.18. The third kappa shape index (κ3) is 4.14. The second kappa shape index (κ2) is 9.00. The number of carbonyl (C=O) groups excluding carboxylic acids is 1. The first-order chi connectivity index (χ1) is 16.0. The van der Waals surface area contributed by atoms with Gasteiger partial charge in [0.2, 0.25) is 0 Å². The largest absolute Gasteiger partial charge is 0.497 e. The Morgan fingerprint density at radius 1 is 0.970 bits per heavy atom. The van der Waals surface area contributed by atoms with E-state index < -0.39 is 0 Å². The topological polar surface area (TPSA) is 45.1 Å². The van der Waals surface area contributed by atoms with Gasteiger partial charge in [-0.15, -0.1) is 0 Å². The first kappa shape index (κ1) is 21.7. The number of amidine groups is 1. The summed E-state index contributed by atoms with van der Waals surface area (Å²) in [5, 5.41) is 1.62. The third-order valence-electron chi connectivity index (χ3n) is 5.61. The van der Waals surface area contributed by atoms with Crippen LogP contribution in [0.2, 0.25) is 0 Å². The van der Waals surface area contributed by atoms with Gasteiger partial charge < -0.3 is 9.64 Å². The van der Waals surface area contributed by atoms with Gasteiger partial charge in [0.15, 0.2) is 5.17 Å². The van der Waals surface area contributed by atoms with Crippen LogP contribution < -0.4 is 9.64 Å². The Labute approximate surface area is 202 Å². The van der Waals surface area contributed by atoms with E-state index in [0.29, 0.717) is 16.6 Å². The summed E-state index contributed by atoms with van der Waals surface area (Å²) in [7, 11) is 3.65. The molecule has 0 saturated carbocycles. The number of nitrogens with zero attached hydrogens (tertiary/aromatic N) is 3. The molecule has 166 valence electrons. The monoisotopic (exact) mass is 473 g/mol. The summed E-state index contributed by atoms with van der Waals surface area (Å²) >= 11 is 3.05. The van der Waals surface area contributed by atoms with Gasteiger partial charge in [-0.1, -0.05) is 60.3 Å². The molecule has 0 spiro atoms. The van der Waals surface area contributed by atoms with E-state index in [9.17, 15) is 4.79 Å². The molecule has 0 unspecified atom stereocenters. The van der Waals surface area contributed by atoms with Gasteiger partial charge in [-0.2, -0.15) is 0 Å². The van der Waals surface area contributed by atoms with Gasteiger partial charge in [0.05, 0.1) is 30.1 Å². The average molecular weight is 474 g/mol. The number of rotatable bonds is 4. The van der Waals surface area contributed by atoms with Crippen molar-refractivity contribution < 1.29 is 9.53 Å². The predicted molar refractivity (Wildman–Crippen MR) is 137 cm³/mol. The lowest BCUT2D eigenvalue weighted by atomic mass is 10.2. The van der Waals surface area contributed by atoms with Crippen LogP contribution in [0.4, 0.5) is 11.4 Å². The van der Waals surface area contributed by atoms with Crippen molar-refractivity contribution in [1.29, 1.82) is 0 Å². The maximum Gasteiger partial charge on any atom is 0.269 e. The average Bonchev–Trinajstić information content (AvgIpc) is 3.32. The number of amides is 1. The van der Waals surface area contributed by atoms with E-state index in [-0.39, 0.29) is 5.91 Å². The molecular weight excluding hydrogens is 450 g/mol. The Morgan fingerprint density at radius 3 is 2.48 bits per heavy atom. The maximum absolute atomic E-state index is 13.7. The van der Waals surface area contributed by atoms with Gasteiger partial charge in [0.25, 0.3) is 5.91 Å². The summed E-state index contributed by atoms with van der Waals surface area (Å²) in [6, 6.07) is 24.0. The van der Waals surface area contributed by atoms with Crippen LogP contribution in [0.5, 0.6) is 5.75 Å². The SMILES string of the molecule is COc1ccc2c(c1)N(C)/C(=C1/SC(=Nc3ccccc3C)N(Cc3ccccc3)C1=O)S2. The molecule has 0 atom stereocenters. The molecule has 5 rings (SSSR count). The molecule has 0 aromatic heterocycles. The number of aryl methyl sites for hydroxylation is 1. The highest BCUT2D eigenvalue weighted by Gasteiger charge is 2.39. The minimum Gasteiger partial charge on any atom is -0.497 e. The Kier molecular flexibility index (Phi) is 5.91. The molecule has 3 aromatic rings. The number of ether oxygens (including phenoxy) is 1. The van der Waals surface area contributed by atoms with Crippen molar-refractivity contribution in [3.8, 4) is 5.75 Å². The zero-order chi connectivity index (χ0) is 22.9. The lowest BCUT2D eigenvalue weighted by molar-refractivity contribution is -0.122. The molecular formula is C26H23N3O2S2. The number of aliphatic imine (C=N–C) groups is 1. The van der Waals surface area contributed by atoms with E-state index in [1.165, 1.54) is 11.8 Å². The highest BCUT2D eigenvalue weighted by molar-refractivity contribution is 8.19. The van der Waals surface area contributed by atoms with Crippen LogP contribution in [-0.4, -0.2) is 30.1 Å². The van der Waals surface area contributed by atoms with E-state index in [1.54, 1.807) is 23.8 Å². The number of anilines is 1. The molecule has 2 heterocycles. The van der Waals surface area contributed by atoms with E-state index in [0.717, 1.165) is 38.2 Å². The van der Waals surface area contributed by atoms with Crippen molar-refractivity contribution in [2.24, 2.45) is 4.99 Å². The van der Waals surface area contributed by atoms with Gasteiger partial charge in [-0.05, 0) is 48.0 Å². The van der Waals surface area contributed by atoms with Crippen LogP contribution in [0.3, 0.4) is 0 Å². The molecule has 33 heavy (non-hydrogen) atoms. The second-order valence-electron chi connectivity index (χ2n) is 7.79. The van der Waals surface area contributed by atoms with Crippen LogP contribution in [0.25, 0.3) is 0 Å². The Morgan fingerprint density at radius 2 is 1.73 bits per heavy atom. The third-order valence-corrected chi connectivity index (χ3v) is 8.04. The van der Waals surface area contributed by atoms with Crippen LogP contribution in [0, 0.1) is 6.92 Å². The molecule has 5 nitrogen and oxygen atoms in total. The van der Waals surface area contributed by atoms with Crippen molar-refractivity contribution >= 4 is 46.0 Å². The molecule has 2 aliphatic heterocycles. The molecule has 0 aliphatic carbocycles. The van der Waals surface area contributed by atoms with Crippen molar-refractivity contribution in [1.82, 2.24) is 4.90 Å². The number of fused-ring (bicyclic) bond motifs is 1. The number of hydrogen-bond donors (Lipinski definition) is 0. The van der Waals surface area contributed by atoms with E-state index in [2.05, 4.69) is 4.90 Å². The smallest absolute Gasteiger partial charge is 0.269 e. The fourth-order valence-corrected chi connectivity index (χ4v) is 6.08.